The maximum absolute atomic E-state index is 10.6. The fourth-order valence-electron chi connectivity index (χ4n) is 4.76. The third-order valence-electron chi connectivity index (χ3n) is 7.18. The monoisotopic (exact) mass is 584 g/mol. The van der Waals surface area contributed by atoms with Gasteiger partial charge in [-0.2, -0.15) is 0 Å². The summed E-state index contributed by atoms with van der Waals surface area (Å²) in [5, 5.41) is 90.7. The average Bonchev–Trinajstić information content (AvgIpc) is 2.99. The first-order chi connectivity index (χ1) is 20.1. The molecule has 3 aliphatic rings. The number of terminal acetylenes is 2. The molecule has 0 aromatic rings. The van der Waals surface area contributed by atoms with Crippen LogP contribution in [0.15, 0.2) is 0 Å². The molecule has 0 amide bonds. The van der Waals surface area contributed by atoms with Crippen LogP contribution in [-0.4, -0.2) is 139 Å². The Morgan fingerprint density at radius 1 is 0.429 bits per heavy atom. The number of hydrogen-bond donors (Lipinski definition) is 9. The number of aliphatic hydroxyl groups excluding tert-OH is 9. The zero-order chi connectivity index (χ0) is 31.0. The van der Waals surface area contributed by atoms with E-state index in [-0.39, 0.29) is 0 Å². The van der Waals surface area contributed by atoms with Crippen molar-refractivity contribution >= 4 is 0 Å². The van der Waals surface area contributed by atoms with Gasteiger partial charge in [0.15, 0.2) is 0 Å². The van der Waals surface area contributed by atoms with Crippen molar-refractivity contribution in [3.63, 3.8) is 0 Å². The molecule has 15 atom stereocenters. The molecule has 3 fully saturated rings. The lowest BCUT2D eigenvalue weighted by Crippen LogP contribution is -2.54. The Morgan fingerprint density at radius 3 is 1.14 bits per heavy atom. The molecule has 3 aliphatic heterocycles. The van der Waals surface area contributed by atoms with Gasteiger partial charge in [-0.15, -0.1) is 12.8 Å². The first-order valence-corrected chi connectivity index (χ1v) is 12.9. The van der Waals surface area contributed by atoms with E-state index in [1.54, 1.807) is 0 Å². The summed E-state index contributed by atoms with van der Waals surface area (Å²) in [6.45, 7) is -1.63. The van der Waals surface area contributed by atoms with Gasteiger partial charge in [-0.3, -0.25) is 0 Å². The van der Waals surface area contributed by atoms with Crippen LogP contribution in [0.3, 0.4) is 0 Å². The fourth-order valence-corrected chi connectivity index (χ4v) is 4.76. The molecule has 12 nitrogen and oxygen atoms in total. The minimum atomic E-state index is -1.56. The number of ether oxygens (including phenoxy) is 3. The normalized spacial score (nSPS) is 42.8. The molecule has 0 saturated carbocycles. The maximum atomic E-state index is 10.6. The molecule has 0 spiro atoms. The van der Waals surface area contributed by atoms with Gasteiger partial charge < -0.3 is 60.2 Å². The zero-order valence-electron chi connectivity index (χ0n) is 22.2. The Morgan fingerprint density at radius 2 is 0.762 bits per heavy atom. The van der Waals surface area contributed by atoms with Crippen LogP contribution in [0.1, 0.15) is 0 Å². The van der Waals surface area contributed by atoms with Gasteiger partial charge in [-0.1, -0.05) is 35.5 Å². The predicted molar refractivity (Wildman–Crippen MR) is 143 cm³/mol. The van der Waals surface area contributed by atoms with Gasteiger partial charge in [0.1, 0.15) is 36.6 Å². The predicted octanol–water partition coefficient (Wildman–Crippen LogP) is -5.44. The van der Waals surface area contributed by atoms with E-state index >= 15 is 0 Å². The molecule has 224 valence electrons. The van der Waals surface area contributed by atoms with Gasteiger partial charge in [0, 0.05) is 0 Å². The van der Waals surface area contributed by atoms with Gasteiger partial charge in [-0.05, 0) is 23.7 Å². The second-order valence-corrected chi connectivity index (χ2v) is 9.76. The van der Waals surface area contributed by atoms with Crippen LogP contribution in [0.2, 0.25) is 0 Å². The number of rotatable bonds is 3. The molecule has 3 saturated heterocycles. The molecular formula is C30H32O12. The van der Waals surface area contributed by atoms with E-state index in [1.165, 1.54) is 0 Å². The van der Waals surface area contributed by atoms with Crippen molar-refractivity contribution in [1.29, 1.82) is 0 Å². The maximum Gasteiger partial charge on any atom is 0.148 e. The van der Waals surface area contributed by atoms with E-state index in [0.29, 0.717) is 0 Å². The van der Waals surface area contributed by atoms with E-state index in [4.69, 9.17) is 27.1 Å². The Hall–Kier alpha value is -3.12. The number of hydrogen-bond acceptors (Lipinski definition) is 12. The third-order valence-corrected chi connectivity index (χ3v) is 7.18. The van der Waals surface area contributed by atoms with Crippen LogP contribution in [0.25, 0.3) is 0 Å². The molecule has 0 aromatic carbocycles. The first kappa shape index (κ1) is 33.4. The van der Waals surface area contributed by atoms with Gasteiger partial charge in [0.2, 0.25) is 0 Å². The molecule has 3 heterocycles. The zero-order valence-corrected chi connectivity index (χ0v) is 22.2. The molecule has 0 bridgehead atoms. The Balaban J connectivity index is 1.68. The Labute approximate surface area is 243 Å². The highest BCUT2D eigenvalue weighted by atomic mass is 16.5. The van der Waals surface area contributed by atoms with Crippen molar-refractivity contribution < 1.29 is 60.2 Å². The molecule has 3 rings (SSSR count). The summed E-state index contributed by atoms with van der Waals surface area (Å²) in [7, 11) is 0. The lowest BCUT2D eigenvalue weighted by molar-refractivity contribution is -0.177. The van der Waals surface area contributed by atoms with Crippen molar-refractivity contribution in [3.05, 3.63) is 0 Å². The summed E-state index contributed by atoms with van der Waals surface area (Å²) >= 11 is 0. The largest absolute Gasteiger partial charge is 0.394 e. The van der Waals surface area contributed by atoms with Crippen molar-refractivity contribution in [2.75, 3.05) is 19.8 Å². The Kier molecular flexibility index (Phi) is 12.2. The van der Waals surface area contributed by atoms with Crippen LogP contribution in [0.4, 0.5) is 0 Å². The van der Waals surface area contributed by atoms with E-state index in [0.717, 1.165) is 0 Å². The number of aliphatic hydroxyl groups is 9. The summed E-state index contributed by atoms with van der Waals surface area (Å²) in [5.74, 6) is 21.3. The summed E-state index contributed by atoms with van der Waals surface area (Å²) in [4.78, 5) is 0. The first-order valence-electron chi connectivity index (χ1n) is 12.9. The lowest BCUT2D eigenvalue weighted by atomic mass is 9.87. The summed E-state index contributed by atoms with van der Waals surface area (Å²) in [6.07, 6.45) is -4.81. The third kappa shape index (κ3) is 7.26. The van der Waals surface area contributed by atoms with Gasteiger partial charge >= 0.3 is 0 Å². The fraction of sp³-hybridized carbons (Fsp3) is 0.600. The van der Waals surface area contributed by atoms with Crippen molar-refractivity contribution in [2.24, 2.45) is 17.8 Å². The molecule has 0 aromatic heterocycles. The van der Waals surface area contributed by atoms with Crippen molar-refractivity contribution in [3.8, 4) is 72.1 Å². The van der Waals surface area contributed by atoms with Crippen molar-refractivity contribution in [2.45, 2.75) is 73.2 Å². The standard InChI is InChI=1S/C30H32O12/c1-3-16-22(13-31)41-20(29(38)25(16)34)11-7-6-10-18-24(15-33)42-21(30(39)27(18)36)12-8-5-9-17-23(14-32)40-19(4-2)28(37)26(17)35/h1-2,16-39H,13-15H2/t16-,17-,18-,19-,20-,21-,22-,23-,24-,25+,26+,27+,28+,29+,30+/m1/s1. The van der Waals surface area contributed by atoms with E-state index in [9.17, 15) is 46.0 Å². The van der Waals surface area contributed by atoms with Crippen molar-refractivity contribution in [1.82, 2.24) is 0 Å². The van der Waals surface area contributed by atoms with Crippen LogP contribution in [0.5, 0.6) is 0 Å². The highest BCUT2D eigenvalue weighted by Gasteiger charge is 2.45. The quantitative estimate of drug-likeness (QED) is 0.142. The SMILES string of the molecule is C#C[C@H]1[C@H](O)[C@@H](O)[C@@H](C#CC#C[C@H]2[C@H](O)[C@@H](O)[C@@H](C#CC#C[C@H]3[C@H](O)[C@@H](O)[C@@H](C#C)O[C@@H]3CO)O[C@@H]2CO)O[C@@H]1CO. The highest BCUT2D eigenvalue weighted by molar-refractivity contribution is 5.33. The lowest BCUT2D eigenvalue weighted by Gasteiger charge is -2.38. The van der Waals surface area contributed by atoms with E-state index < -0.39 is 111 Å². The van der Waals surface area contributed by atoms with Gasteiger partial charge in [-0.25, -0.2) is 0 Å². The smallest absolute Gasteiger partial charge is 0.148 e. The minimum Gasteiger partial charge on any atom is -0.394 e. The topological polar surface area (TPSA) is 210 Å². The van der Waals surface area contributed by atoms with E-state index in [1.807, 2.05) is 0 Å². The average molecular weight is 585 g/mol. The summed E-state index contributed by atoms with van der Waals surface area (Å²) in [6, 6.07) is 0. The van der Waals surface area contributed by atoms with Crippen LogP contribution in [-0.2, 0) is 14.2 Å². The molecule has 0 radical (unpaired) electrons. The van der Waals surface area contributed by atoms with Crippen LogP contribution < -0.4 is 0 Å². The second-order valence-electron chi connectivity index (χ2n) is 9.76. The van der Waals surface area contributed by atoms with E-state index in [2.05, 4.69) is 59.2 Å². The Bertz CT molecular complexity index is 1270. The second kappa shape index (κ2) is 15.4. The van der Waals surface area contributed by atoms with Gasteiger partial charge in [0.25, 0.3) is 0 Å². The highest BCUT2D eigenvalue weighted by Crippen LogP contribution is 2.28. The summed E-state index contributed by atoms with van der Waals surface area (Å²) < 4.78 is 16.4. The molecule has 0 aliphatic carbocycles. The summed E-state index contributed by atoms with van der Waals surface area (Å²) in [5.41, 5.74) is 0. The molecule has 9 N–H and O–H groups in total. The molecular weight excluding hydrogens is 552 g/mol. The molecule has 0 unspecified atom stereocenters. The minimum absolute atomic E-state index is 0.504. The van der Waals surface area contributed by atoms with Gasteiger partial charge in [0.05, 0.1) is 74.2 Å². The van der Waals surface area contributed by atoms with Crippen LogP contribution in [0, 0.1) is 89.8 Å². The molecule has 42 heavy (non-hydrogen) atoms. The van der Waals surface area contributed by atoms with Crippen LogP contribution >= 0.6 is 0 Å². The molecule has 12 heteroatoms.